The summed E-state index contributed by atoms with van der Waals surface area (Å²) in [6.07, 6.45) is 15.9. The zero-order valence-electron chi connectivity index (χ0n) is 46.3. The number of rotatable bonds is 24. The third-order valence-electron chi connectivity index (χ3n) is 16.6. The molecule has 0 spiro atoms. The van der Waals surface area contributed by atoms with Crippen LogP contribution in [0.5, 0.6) is 11.5 Å². The number of ether oxygens (including phenoxy) is 4. The molecule has 0 saturated carbocycles. The molecule has 0 aliphatic carbocycles. The maximum absolute atomic E-state index is 14.6. The van der Waals surface area contributed by atoms with Crippen molar-refractivity contribution in [2.75, 3.05) is 50.2 Å². The second kappa shape index (κ2) is 29.6. The van der Waals surface area contributed by atoms with Crippen molar-refractivity contribution < 1.29 is 38.1 Å². The van der Waals surface area contributed by atoms with E-state index in [2.05, 4.69) is 101 Å². The molecular weight excluding hydrogens is 1120 g/mol. The average molecular weight is 1200 g/mol. The zero-order chi connectivity index (χ0) is 55.0. The molecule has 4 atom stereocenters. The van der Waals surface area contributed by atoms with E-state index in [0.29, 0.717) is 48.6 Å². The molecule has 2 N–H and O–H groups in total. The molecule has 8 rings (SSSR count). The van der Waals surface area contributed by atoms with Gasteiger partial charge in [0.1, 0.15) is 11.5 Å². The molecule has 4 aliphatic heterocycles. The first kappa shape index (κ1) is 59.3. The van der Waals surface area contributed by atoms with E-state index in [-0.39, 0.29) is 36.3 Å². The van der Waals surface area contributed by atoms with Crippen molar-refractivity contribution >= 4 is 67.4 Å². The summed E-state index contributed by atoms with van der Waals surface area (Å²) < 4.78 is 24.7. The predicted octanol–water partition coefficient (Wildman–Crippen LogP) is 13.0. The molecule has 4 unspecified atom stereocenters. The van der Waals surface area contributed by atoms with Crippen LogP contribution in [0.1, 0.15) is 138 Å². The van der Waals surface area contributed by atoms with Gasteiger partial charge in [-0.05, 0) is 188 Å². The highest BCUT2D eigenvalue weighted by Gasteiger charge is 2.46. The van der Waals surface area contributed by atoms with Gasteiger partial charge in [0.25, 0.3) is 0 Å². The predicted molar refractivity (Wildman–Crippen MR) is 314 cm³/mol. The van der Waals surface area contributed by atoms with Crippen LogP contribution in [-0.2, 0) is 32.2 Å². The number of fused-ring (bicyclic) bond motifs is 4. The fourth-order valence-electron chi connectivity index (χ4n) is 12.7. The van der Waals surface area contributed by atoms with Crippen LogP contribution in [-0.4, -0.2) is 111 Å². The van der Waals surface area contributed by atoms with E-state index in [9.17, 15) is 19.2 Å². The first-order valence-corrected chi connectivity index (χ1v) is 30.3. The lowest BCUT2D eigenvalue weighted by Crippen LogP contribution is -2.58. The molecular formula is C62H82Br2N6O8. The third kappa shape index (κ3) is 16.2. The largest absolute Gasteiger partial charge is 0.495 e. The highest BCUT2D eigenvalue weighted by molar-refractivity contribution is 9.10. The van der Waals surface area contributed by atoms with Gasteiger partial charge in [0.05, 0.1) is 25.6 Å². The monoisotopic (exact) mass is 1200 g/mol. The SMILES string of the molecule is COc1ccc(C)cc1N(C(=O)OC(=O)C(=O)OC(=O)N(c1cc(C)ccc1OC)C1CC2CCCC(C1)N2CCCCCCNCc1ccc(Br)cc1)C1CC2CCCC(C1)N2CCCCCCNCc1ccc(Br)cc1. The summed E-state index contributed by atoms with van der Waals surface area (Å²) in [5.74, 6) is -2.24. The van der Waals surface area contributed by atoms with Crippen molar-refractivity contribution in [1.29, 1.82) is 0 Å². The number of hydrogen-bond donors (Lipinski definition) is 2. The number of methoxy groups -OCH3 is 2. The fourth-order valence-corrected chi connectivity index (χ4v) is 13.3. The molecule has 4 heterocycles. The maximum Gasteiger partial charge on any atom is 0.426 e. The standard InChI is InChI=1S/C62H82Br2N6O8/c1-43-19-29-57(75-3)55(35-43)69(53-37-49-15-13-16-50(38-53)67(49)33-11-7-5-9-31-65-41-45-21-25-47(63)26-22-45)61(73)77-59(71)60(72)78-62(74)70(56-36-44(2)20-30-58(56)76-4)54-39-51-17-14-18-52(40-54)68(51)34-12-8-6-10-32-66-42-46-23-27-48(64)28-24-46/h19-30,35-36,49-54,65-66H,5-18,31-34,37-42H2,1-4H3. The number of nitrogens with zero attached hydrogens (tertiary/aromatic N) is 4. The molecule has 4 aromatic rings. The molecule has 14 nitrogen and oxygen atoms in total. The van der Waals surface area contributed by atoms with Crippen LogP contribution in [0.3, 0.4) is 0 Å². The van der Waals surface area contributed by atoms with Crippen molar-refractivity contribution in [3.63, 3.8) is 0 Å². The fraction of sp³-hybridized carbons (Fsp3) is 0.548. The summed E-state index contributed by atoms with van der Waals surface area (Å²) in [4.78, 5) is 65.2. The number of unbranched alkanes of at least 4 members (excludes halogenated alkanes) is 6. The number of anilines is 2. The number of hydrogen-bond acceptors (Lipinski definition) is 12. The molecule has 0 aromatic heterocycles. The summed E-state index contributed by atoms with van der Waals surface area (Å²) in [7, 11) is 3.09. The highest BCUT2D eigenvalue weighted by atomic mass is 79.9. The van der Waals surface area contributed by atoms with Gasteiger partial charge >= 0.3 is 24.1 Å². The van der Waals surface area contributed by atoms with Gasteiger partial charge < -0.3 is 29.6 Å². The Kier molecular flexibility index (Phi) is 22.5. The van der Waals surface area contributed by atoms with Gasteiger partial charge in [0, 0.05) is 58.3 Å². The number of piperidine rings is 4. The van der Waals surface area contributed by atoms with Gasteiger partial charge in [0.15, 0.2) is 0 Å². The van der Waals surface area contributed by atoms with Crippen molar-refractivity contribution in [1.82, 2.24) is 20.4 Å². The number of carbonyl (C=O) groups excluding carboxylic acids is 4. The summed E-state index contributed by atoms with van der Waals surface area (Å²) in [6.45, 7) is 9.52. The van der Waals surface area contributed by atoms with Gasteiger partial charge in [-0.15, -0.1) is 0 Å². The quantitative estimate of drug-likeness (QED) is 0.0298. The van der Waals surface area contributed by atoms with E-state index >= 15 is 0 Å². The number of benzene rings is 4. The minimum Gasteiger partial charge on any atom is -0.495 e. The third-order valence-corrected chi connectivity index (χ3v) is 17.6. The van der Waals surface area contributed by atoms with Crippen LogP contribution in [0.2, 0.25) is 0 Å². The van der Waals surface area contributed by atoms with Gasteiger partial charge in [-0.25, -0.2) is 19.2 Å². The Bertz CT molecular complexity index is 2400. The molecule has 4 aliphatic rings. The zero-order valence-corrected chi connectivity index (χ0v) is 49.5. The summed E-state index contributed by atoms with van der Waals surface area (Å²) in [5, 5.41) is 7.14. The van der Waals surface area contributed by atoms with E-state index in [4.69, 9.17) is 18.9 Å². The minimum atomic E-state index is -1.56. The number of nitrogens with one attached hydrogen (secondary N) is 2. The lowest BCUT2D eigenvalue weighted by molar-refractivity contribution is -0.159. The topological polar surface area (TPSA) is 142 Å². The highest BCUT2D eigenvalue weighted by Crippen LogP contribution is 2.43. The van der Waals surface area contributed by atoms with Crippen LogP contribution in [0, 0.1) is 13.8 Å². The van der Waals surface area contributed by atoms with Crippen LogP contribution in [0.15, 0.2) is 93.9 Å². The van der Waals surface area contributed by atoms with Crippen molar-refractivity contribution in [2.45, 2.75) is 179 Å². The Morgan fingerprint density at radius 2 is 0.872 bits per heavy atom. The van der Waals surface area contributed by atoms with Crippen LogP contribution < -0.4 is 29.9 Å². The normalized spacial score (nSPS) is 21.1. The minimum absolute atomic E-state index is 0.238. The van der Waals surface area contributed by atoms with E-state index < -0.39 is 24.1 Å². The molecule has 4 aromatic carbocycles. The van der Waals surface area contributed by atoms with E-state index in [1.165, 1.54) is 20.9 Å². The first-order chi connectivity index (χ1) is 37.9. The van der Waals surface area contributed by atoms with Crippen molar-refractivity contribution in [3.05, 3.63) is 116 Å². The van der Waals surface area contributed by atoms with Crippen LogP contribution >= 0.6 is 31.9 Å². The Hall–Kier alpha value is -4.84. The molecule has 422 valence electrons. The van der Waals surface area contributed by atoms with E-state index in [0.717, 1.165) is 149 Å². The molecule has 2 amide bonds. The first-order valence-electron chi connectivity index (χ1n) is 28.7. The number of amides is 2. The Morgan fingerprint density at radius 3 is 1.23 bits per heavy atom. The van der Waals surface area contributed by atoms with Gasteiger partial charge in [-0.2, -0.15) is 0 Å². The van der Waals surface area contributed by atoms with E-state index in [1.54, 1.807) is 26.4 Å². The summed E-state index contributed by atoms with van der Waals surface area (Å²) in [5.41, 5.74) is 5.24. The second-order valence-electron chi connectivity index (χ2n) is 22.0. The molecule has 4 fully saturated rings. The number of carbonyl (C=O) groups is 4. The number of esters is 2. The smallest absolute Gasteiger partial charge is 0.426 e. The van der Waals surface area contributed by atoms with Crippen LogP contribution in [0.4, 0.5) is 21.0 Å². The molecule has 4 bridgehead atoms. The molecule has 4 saturated heterocycles. The summed E-state index contributed by atoms with van der Waals surface area (Å²) >= 11 is 7.02. The van der Waals surface area contributed by atoms with E-state index in [1.807, 2.05) is 38.1 Å². The lowest BCUT2D eigenvalue weighted by Gasteiger charge is -2.51. The van der Waals surface area contributed by atoms with Crippen molar-refractivity contribution in [3.8, 4) is 11.5 Å². The molecule has 16 heteroatoms. The Labute approximate surface area is 479 Å². The summed E-state index contributed by atoms with van der Waals surface area (Å²) in [6, 6.07) is 28.2. The Morgan fingerprint density at radius 1 is 0.513 bits per heavy atom. The number of halogens is 2. The molecule has 0 radical (unpaired) electrons. The maximum atomic E-state index is 14.6. The second-order valence-corrected chi connectivity index (χ2v) is 23.9. The number of aryl methyl sites for hydroxylation is 2. The lowest BCUT2D eigenvalue weighted by atomic mass is 9.80. The Balaban J connectivity index is 0.876. The van der Waals surface area contributed by atoms with Gasteiger partial charge in [-0.3, -0.25) is 19.6 Å². The molecule has 78 heavy (non-hydrogen) atoms. The van der Waals surface area contributed by atoms with Crippen LogP contribution in [0.25, 0.3) is 0 Å². The van der Waals surface area contributed by atoms with Gasteiger partial charge in [0.2, 0.25) is 0 Å². The average Bonchev–Trinajstić information content (AvgIpc) is 3.54. The van der Waals surface area contributed by atoms with Crippen molar-refractivity contribution in [2.24, 2.45) is 0 Å². The van der Waals surface area contributed by atoms with Gasteiger partial charge in [-0.1, -0.05) is 107 Å².